The quantitative estimate of drug-likeness (QED) is 0.722. The maximum atomic E-state index is 13.0. The van der Waals surface area contributed by atoms with Crippen LogP contribution < -0.4 is 14.8 Å². The molecule has 2 fully saturated rings. The van der Waals surface area contributed by atoms with Gasteiger partial charge in [-0.2, -0.15) is 5.10 Å². The zero-order valence-electron chi connectivity index (χ0n) is 17.5. The lowest BCUT2D eigenvalue weighted by Gasteiger charge is -2.35. The van der Waals surface area contributed by atoms with Gasteiger partial charge in [0, 0.05) is 49.5 Å². The Morgan fingerprint density at radius 2 is 1.93 bits per heavy atom. The summed E-state index contributed by atoms with van der Waals surface area (Å²) >= 11 is 0. The summed E-state index contributed by atoms with van der Waals surface area (Å²) in [5.41, 5.74) is 1.60. The Morgan fingerprint density at radius 1 is 1.23 bits per heavy atom. The molecule has 3 heterocycles. The number of halogens is 2. The predicted molar refractivity (Wildman–Crippen MR) is 120 cm³/mol. The van der Waals surface area contributed by atoms with Gasteiger partial charge < -0.3 is 19.7 Å². The number of aryl methyl sites for hydroxylation is 1. The van der Waals surface area contributed by atoms with E-state index < -0.39 is 0 Å². The van der Waals surface area contributed by atoms with E-state index in [2.05, 4.69) is 10.4 Å². The Morgan fingerprint density at radius 3 is 2.53 bits per heavy atom. The summed E-state index contributed by atoms with van der Waals surface area (Å²) in [6, 6.07) is 6.79. The van der Waals surface area contributed by atoms with Crippen LogP contribution in [0.25, 0.3) is 0 Å². The molecule has 2 saturated heterocycles. The molecule has 2 aromatic rings. The number of piperidine rings is 1. The molecule has 0 radical (unpaired) electrons. The summed E-state index contributed by atoms with van der Waals surface area (Å²) in [6.07, 6.45) is 8.18. The van der Waals surface area contributed by atoms with Crippen molar-refractivity contribution in [2.24, 2.45) is 7.05 Å². The number of carbonyl (C=O) groups is 1. The Hall–Kier alpha value is -1.96. The van der Waals surface area contributed by atoms with Gasteiger partial charge in [0.25, 0.3) is 5.91 Å². The molecule has 166 valence electrons. The van der Waals surface area contributed by atoms with E-state index in [-0.39, 0.29) is 30.7 Å². The monoisotopic (exact) mass is 456 g/mol. The molecule has 2 unspecified atom stereocenters. The number of ether oxygens (including phenoxy) is 2. The minimum atomic E-state index is 0. The average molecular weight is 457 g/mol. The lowest BCUT2D eigenvalue weighted by molar-refractivity contribution is 0.0681. The van der Waals surface area contributed by atoms with Crippen LogP contribution in [-0.4, -0.2) is 52.9 Å². The number of fused-ring (bicyclic) bond motifs is 2. The van der Waals surface area contributed by atoms with Crippen molar-refractivity contribution in [2.75, 3.05) is 14.2 Å². The van der Waals surface area contributed by atoms with Crippen LogP contribution in [-0.2, 0) is 13.7 Å². The van der Waals surface area contributed by atoms with Gasteiger partial charge in [0.05, 0.1) is 13.3 Å². The fourth-order valence-corrected chi connectivity index (χ4v) is 4.34. The number of hydrogen-bond donors (Lipinski definition) is 1. The van der Waals surface area contributed by atoms with E-state index in [1.54, 1.807) is 24.1 Å². The first kappa shape index (κ1) is 24.3. The van der Waals surface area contributed by atoms with Gasteiger partial charge in [0.1, 0.15) is 6.61 Å². The lowest BCUT2D eigenvalue weighted by Crippen LogP contribution is -2.48. The number of amides is 1. The number of benzene rings is 1. The fourth-order valence-electron chi connectivity index (χ4n) is 4.34. The third kappa shape index (κ3) is 5.20. The number of nitrogens with one attached hydrogen (secondary N) is 1. The minimum absolute atomic E-state index is 0. The van der Waals surface area contributed by atoms with E-state index in [9.17, 15) is 4.79 Å². The van der Waals surface area contributed by atoms with Gasteiger partial charge in [0.2, 0.25) is 0 Å². The summed E-state index contributed by atoms with van der Waals surface area (Å²) in [5.74, 6) is 1.21. The molecule has 30 heavy (non-hydrogen) atoms. The number of nitrogens with zero attached hydrogens (tertiary/aromatic N) is 3. The van der Waals surface area contributed by atoms with Crippen LogP contribution >= 0.6 is 24.8 Å². The first-order valence-electron chi connectivity index (χ1n) is 9.85. The molecular weight excluding hydrogens is 427 g/mol. The molecule has 2 atom stereocenters. The van der Waals surface area contributed by atoms with Gasteiger partial charge in [-0.15, -0.1) is 24.8 Å². The van der Waals surface area contributed by atoms with Crippen molar-refractivity contribution in [3.8, 4) is 11.5 Å². The van der Waals surface area contributed by atoms with E-state index in [0.717, 1.165) is 18.4 Å². The summed E-state index contributed by atoms with van der Waals surface area (Å²) in [7, 11) is 5.38. The molecule has 1 aromatic carbocycles. The number of hydrogen-bond acceptors (Lipinski definition) is 5. The van der Waals surface area contributed by atoms with Crippen LogP contribution in [0.2, 0.25) is 0 Å². The third-order valence-corrected chi connectivity index (χ3v) is 5.88. The van der Waals surface area contributed by atoms with Crippen molar-refractivity contribution in [1.82, 2.24) is 20.0 Å². The highest BCUT2D eigenvalue weighted by Crippen LogP contribution is 2.32. The fraction of sp³-hybridized carbons (Fsp3) is 0.524. The largest absolute Gasteiger partial charge is 0.493 e. The summed E-state index contributed by atoms with van der Waals surface area (Å²) in [6.45, 7) is 0.398. The highest BCUT2D eigenvalue weighted by molar-refractivity contribution is 5.95. The van der Waals surface area contributed by atoms with Crippen LogP contribution in [0.4, 0.5) is 0 Å². The maximum absolute atomic E-state index is 13.0. The topological polar surface area (TPSA) is 68.6 Å². The van der Waals surface area contributed by atoms with Crippen LogP contribution in [0.5, 0.6) is 11.5 Å². The highest BCUT2D eigenvalue weighted by atomic mass is 35.5. The molecule has 2 bridgehead atoms. The molecule has 1 N–H and O–H groups in total. The summed E-state index contributed by atoms with van der Waals surface area (Å²) in [4.78, 5) is 14.9. The molecule has 2 aliphatic heterocycles. The standard InChI is InChI=1S/C21H28N4O3.2ClH/c1-24-12-14(11-22-24)13-28-19-7-4-15(8-20(19)27-3)21(26)25(2)18-9-16-5-6-17(10-18)23-16;;/h4,7-8,11-12,16-18,23H,5-6,9-10,13H2,1-3H3;2*1H. The molecule has 9 heteroatoms. The molecule has 2 aliphatic rings. The van der Waals surface area contributed by atoms with Gasteiger partial charge in [0.15, 0.2) is 11.5 Å². The minimum Gasteiger partial charge on any atom is -0.493 e. The van der Waals surface area contributed by atoms with Crippen molar-refractivity contribution in [3.05, 3.63) is 41.7 Å². The Kier molecular flexibility index (Phi) is 8.41. The number of rotatable bonds is 6. The Labute approximate surface area is 189 Å². The van der Waals surface area contributed by atoms with E-state index in [1.165, 1.54) is 12.8 Å². The molecular formula is C21H30Cl2N4O3. The Balaban J connectivity index is 0.00000160. The second-order valence-corrected chi connectivity index (χ2v) is 7.86. The van der Waals surface area contributed by atoms with Gasteiger partial charge in [-0.05, 0) is 43.9 Å². The first-order chi connectivity index (χ1) is 13.5. The summed E-state index contributed by atoms with van der Waals surface area (Å²) < 4.78 is 13.1. The maximum Gasteiger partial charge on any atom is 0.253 e. The van der Waals surface area contributed by atoms with Gasteiger partial charge in [-0.1, -0.05) is 0 Å². The molecule has 0 saturated carbocycles. The second kappa shape index (κ2) is 10.4. The van der Waals surface area contributed by atoms with E-state index >= 15 is 0 Å². The van der Waals surface area contributed by atoms with E-state index in [1.807, 2.05) is 37.3 Å². The summed E-state index contributed by atoms with van der Waals surface area (Å²) in [5, 5.41) is 7.77. The van der Waals surface area contributed by atoms with Crippen LogP contribution in [0, 0.1) is 0 Å². The lowest BCUT2D eigenvalue weighted by atomic mass is 9.98. The molecule has 0 spiro atoms. The van der Waals surface area contributed by atoms with Crippen molar-refractivity contribution in [1.29, 1.82) is 0 Å². The second-order valence-electron chi connectivity index (χ2n) is 7.86. The zero-order chi connectivity index (χ0) is 19.7. The average Bonchev–Trinajstić information content (AvgIpc) is 3.29. The zero-order valence-corrected chi connectivity index (χ0v) is 19.2. The molecule has 1 aromatic heterocycles. The van der Waals surface area contributed by atoms with Crippen LogP contribution in [0.3, 0.4) is 0 Å². The smallest absolute Gasteiger partial charge is 0.253 e. The van der Waals surface area contributed by atoms with Gasteiger partial charge in [-0.3, -0.25) is 9.48 Å². The van der Waals surface area contributed by atoms with Crippen LogP contribution in [0.1, 0.15) is 41.6 Å². The molecule has 4 rings (SSSR count). The van der Waals surface area contributed by atoms with Gasteiger partial charge in [-0.25, -0.2) is 0 Å². The van der Waals surface area contributed by atoms with Crippen molar-refractivity contribution in [2.45, 2.75) is 50.4 Å². The molecule has 1 amide bonds. The van der Waals surface area contributed by atoms with Gasteiger partial charge >= 0.3 is 0 Å². The van der Waals surface area contributed by atoms with E-state index in [4.69, 9.17) is 9.47 Å². The molecule has 0 aliphatic carbocycles. The SMILES string of the molecule is COc1cc(C(=O)N(C)C2CC3CCC(C2)N3)ccc1OCc1cnn(C)c1.Cl.Cl. The van der Waals surface area contributed by atoms with Crippen molar-refractivity contribution >= 4 is 30.7 Å². The third-order valence-electron chi connectivity index (χ3n) is 5.88. The normalized spacial score (nSPS) is 21.9. The van der Waals surface area contributed by atoms with E-state index in [0.29, 0.717) is 41.8 Å². The first-order valence-corrected chi connectivity index (χ1v) is 9.85. The highest BCUT2D eigenvalue weighted by Gasteiger charge is 2.36. The number of methoxy groups -OCH3 is 1. The number of carbonyl (C=O) groups excluding carboxylic acids is 1. The van der Waals surface area contributed by atoms with Crippen LogP contribution in [0.15, 0.2) is 30.6 Å². The molecule has 7 nitrogen and oxygen atoms in total. The number of aromatic nitrogens is 2. The van der Waals surface area contributed by atoms with Crippen molar-refractivity contribution in [3.63, 3.8) is 0 Å². The predicted octanol–water partition coefficient (Wildman–Crippen LogP) is 3.21. The van der Waals surface area contributed by atoms with Crippen molar-refractivity contribution < 1.29 is 14.3 Å². The Bertz CT molecular complexity index is 849.